The maximum absolute atomic E-state index is 11.8. The van der Waals surface area contributed by atoms with Gasteiger partial charge in [-0.1, -0.05) is 19.8 Å². The highest BCUT2D eigenvalue weighted by molar-refractivity contribution is 5.74. The summed E-state index contributed by atoms with van der Waals surface area (Å²) in [5.41, 5.74) is -0.388. The van der Waals surface area contributed by atoms with E-state index < -0.39 is 6.10 Å². The maximum atomic E-state index is 11.8. The molecule has 0 saturated heterocycles. The number of esters is 1. The first-order valence-corrected chi connectivity index (χ1v) is 6.67. The highest BCUT2D eigenvalue weighted by atomic mass is 16.6. The Morgan fingerprint density at radius 1 is 1.18 bits per heavy atom. The van der Waals surface area contributed by atoms with Crippen LogP contribution in [0.15, 0.2) is 0 Å². The van der Waals surface area contributed by atoms with E-state index in [1.165, 1.54) is 12.8 Å². The van der Waals surface area contributed by atoms with Crippen LogP contribution in [0.25, 0.3) is 0 Å². The largest absolute Gasteiger partial charge is 0.458 e. The number of carbonyl (C=O) groups excluding carboxylic acids is 1. The fourth-order valence-electron chi connectivity index (χ4n) is 1.67. The Bertz CT molecular complexity index is 222. The molecule has 102 valence electrons. The van der Waals surface area contributed by atoms with Crippen molar-refractivity contribution in [2.45, 2.75) is 85.0 Å². The molecule has 0 rings (SSSR count). The lowest BCUT2D eigenvalue weighted by atomic mass is 10.0. The number of carbonyl (C=O) groups is 1. The zero-order valence-corrected chi connectivity index (χ0v) is 12.2. The van der Waals surface area contributed by atoms with Crippen LogP contribution in [0.4, 0.5) is 0 Å². The molecule has 0 aliphatic heterocycles. The van der Waals surface area contributed by atoms with Gasteiger partial charge in [0.1, 0.15) is 5.60 Å². The molecule has 0 aliphatic rings. The summed E-state index contributed by atoms with van der Waals surface area (Å²) in [6.07, 6.45) is 3.91. The van der Waals surface area contributed by atoms with Gasteiger partial charge in [-0.3, -0.25) is 0 Å². The molecule has 0 aromatic rings. The molecule has 0 heterocycles. The lowest BCUT2D eigenvalue weighted by Crippen LogP contribution is -2.35. The fourth-order valence-corrected chi connectivity index (χ4v) is 1.67. The zero-order chi connectivity index (χ0) is 13.5. The Labute approximate surface area is 106 Å². The van der Waals surface area contributed by atoms with Gasteiger partial charge in [-0.15, -0.1) is 0 Å². The summed E-state index contributed by atoms with van der Waals surface area (Å²) in [4.78, 5) is 11.8. The average Bonchev–Trinajstić information content (AvgIpc) is 2.15. The molecule has 0 fully saturated rings. The van der Waals surface area contributed by atoms with Crippen molar-refractivity contribution in [2.24, 2.45) is 0 Å². The van der Waals surface area contributed by atoms with Crippen LogP contribution < -0.4 is 0 Å². The van der Waals surface area contributed by atoms with E-state index in [9.17, 15) is 4.79 Å². The second kappa shape index (κ2) is 7.70. The fraction of sp³-hybridized carbons (Fsp3) is 0.929. The number of rotatable bonds is 8. The maximum Gasteiger partial charge on any atom is 0.335 e. The van der Waals surface area contributed by atoms with Gasteiger partial charge in [-0.2, -0.15) is 0 Å². The van der Waals surface area contributed by atoms with Gasteiger partial charge in [0, 0.05) is 0 Å². The zero-order valence-electron chi connectivity index (χ0n) is 12.2. The second-order valence-electron chi connectivity index (χ2n) is 5.46. The molecule has 3 nitrogen and oxygen atoms in total. The summed E-state index contributed by atoms with van der Waals surface area (Å²) in [6, 6.07) is 0. The molecule has 3 heteroatoms. The summed E-state index contributed by atoms with van der Waals surface area (Å²) in [5.74, 6) is -0.264. The highest BCUT2D eigenvalue weighted by Gasteiger charge is 2.26. The quantitative estimate of drug-likeness (QED) is 0.482. The van der Waals surface area contributed by atoms with Gasteiger partial charge < -0.3 is 9.47 Å². The molecule has 0 aliphatic carbocycles. The van der Waals surface area contributed by atoms with Gasteiger partial charge in [0.2, 0.25) is 0 Å². The molecular weight excluding hydrogens is 216 g/mol. The van der Waals surface area contributed by atoms with Crippen molar-refractivity contribution in [1.29, 1.82) is 0 Å². The van der Waals surface area contributed by atoms with Crippen LogP contribution in [-0.2, 0) is 14.3 Å². The highest BCUT2D eigenvalue weighted by Crippen LogP contribution is 2.20. The van der Waals surface area contributed by atoms with E-state index in [2.05, 4.69) is 6.92 Å². The Hall–Kier alpha value is -0.570. The molecular formula is C14H28O3. The molecule has 0 spiro atoms. The van der Waals surface area contributed by atoms with Crippen molar-refractivity contribution in [3.05, 3.63) is 0 Å². The first-order chi connectivity index (χ1) is 7.78. The third-order valence-corrected chi connectivity index (χ3v) is 2.57. The van der Waals surface area contributed by atoms with Gasteiger partial charge in [-0.05, 0) is 47.5 Å². The van der Waals surface area contributed by atoms with Crippen molar-refractivity contribution in [3.8, 4) is 0 Å². The minimum Gasteiger partial charge on any atom is -0.458 e. The minimum absolute atomic E-state index is 0.0424. The van der Waals surface area contributed by atoms with Crippen molar-refractivity contribution in [2.75, 3.05) is 0 Å². The molecule has 17 heavy (non-hydrogen) atoms. The van der Waals surface area contributed by atoms with Crippen LogP contribution in [0.3, 0.4) is 0 Å². The number of hydrogen-bond acceptors (Lipinski definition) is 3. The third kappa shape index (κ3) is 8.19. The van der Waals surface area contributed by atoms with E-state index in [0.29, 0.717) is 0 Å². The molecule has 0 bridgehead atoms. The smallest absolute Gasteiger partial charge is 0.335 e. The van der Waals surface area contributed by atoms with Gasteiger partial charge in [-0.25, -0.2) is 4.79 Å². The Kier molecular flexibility index (Phi) is 7.44. The first kappa shape index (κ1) is 16.4. The summed E-state index contributed by atoms with van der Waals surface area (Å²) in [5, 5.41) is 0. The van der Waals surface area contributed by atoms with Crippen molar-refractivity contribution < 1.29 is 14.3 Å². The summed E-state index contributed by atoms with van der Waals surface area (Å²) >= 11 is 0. The van der Waals surface area contributed by atoms with Crippen LogP contribution in [0.2, 0.25) is 0 Å². The van der Waals surface area contributed by atoms with Gasteiger partial charge in [0.25, 0.3) is 0 Å². The molecule has 1 atom stereocenters. The van der Waals surface area contributed by atoms with Crippen LogP contribution in [0.1, 0.15) is 67.2 Å². The molecule has 1 unspecified atom stereocenters. The number of hydrogen-bond donors (Lipinski definition) is 0. The van der Waals surface area contributed by atoms with Gasteiger partial charge >= 0.3 is 5.97 Å². The molecule has 0 N–H and O–H groups in total. The SMILES string of the molecule is CCCCCC(C)(C)OC(=O)C(C)OC(C)C. The summed E-state index contributed by atoms with van der Waals surface area (Å²) in [7, 11) is 0. The van der Waals surface area contributed by atoms with Crippen LogP contribution in [0, 0.1) is 0 Å². The standard InChI is InChI=1S/C14H28O3/c1-7-8-9-10-14(5,6)17-13(15)12(4)16-11(2)3/h11-12H,7-10H2,1-6H3. The molecule has 0 aromatic heterocycles. The monoisotopic (exact) mass is 244 g/mol. The van der Waals surface area contributed by atoms with Crippen molar-refractivity contribution in [1.82, 2.24) is 0 Å². The third-order valence-electron chi connectivity index (χ3n) is 2.57. The molecule has 0 aromatic carbocycles. The van der Waals surface area contributed by atoms with Crippen LogP contribution >= 0.6 is 0 Å². The van der Waals surface area contributed by atoms with Crippen LogP contribution in [0.5, 0.6) is 0 Å². The first-order valence-electron chi connectivity index (χ1n) is 6.67. The second-order valence-corrected chi connectivity index (χ2v) is 5.46. The summed E-state index contributed by atoms with van der Waals surface area (Å²) in [6.45, 7) is 11.7. The number of ether oxygens (including phenoxy) is 2. The topological polar surface area (TPSA) is 35.5 Å². The average molecular weight is 244 g/mol. The predicted octanol–water partition coefficient (Wildman–Crippen LogP) is 3.70. The van der Waals surface area contributed by atoms with E-state index in [1.807, 2.05) is 27.7 Å². The van der Waals surface area contributed by atoms with E-state index in [1.54, 1.807) is 6.92 Å². The lowest BCUT2D eigenvalue weighted by Gasteiger charge is -2.27. The number of unbranched alkanes of at least 4 members (excludes halogenated alkanes) is 2. The van der Waals surface area contributed by atoms with E-state index in [0.717, 1.165) is 12.8 Å². The van der Waals surface area contributed by atoms with Crippen molar-refractivity contribution in [3.63, 3.8) is 0 Å². The molecule has 0 saturated carbocycles. The van der Waals surface area contributed by atoms with Gasteiger partial charge in [0.15, 0.2) is 6.10 Å². The van der Waals surface area contributed by atoms with Crippen LogP contribution in [-0.4, -0.2) is 23.8 Å². The Morgan fingerprint density at radius 2 is 1.76 bits per heavy atom. The Morgan fingerprint density at radius 3 is 2.24 bits per heavy atom. The molecule has 0 amide bonds. The van der Waals surface area contributed by atoms with E-state index in [4.69, 9.17) is 9.47 Å². The van der Waals surface area contributed by atoms with Crippen molar-refractivity contribution >= 4 is 5.97 Å². The van der Waals surface area contributed by atoms with E-state index >= 15 is 0 Å². The minimum atomic E-state index is -0.486. The molecule has 0 radical (unpaired) electrons. The predicted molar refractivity (Wildman–Crippen MR) is 70.0 cm³/mol. The Balaban J connectivity index is 4.07. The van der Waals surface area contributed by atoms with Gasteiger partial charge in [0.05, 0.1) is 6.10 Å². The normalized spacial score (nSPS) is 13.8. The lowest BCUT2D eigenvalue weighted by molar-refractivity contribution is -0.172. The summed E-state index contributed by atoms with van der Waals surface area (Å²) < 4.78 is 10.9. The van der Waals surface area contributed by atoms with E-state index in [-0.39, 0.29) is 17.7 Å².